The Kier molecular flexibility index (Phi) is 5.53. The second kappa shape index (κ2) is 7.03. The topological polar surface area (TPSA) is 50.7 Å². The molecule has 0 unspecified atom stereocenters. The summed E-state index contributed by atoms with van der Waals surface area (Å²) in [5.74, 6) is 1.52. The Morgan fingerprint density at radius 1 is 1.23 bits per heavy atom. The van der Waals surface area contributed by atoms with E-state index in [4.69, 9.17) is 9.39 Å². The Morgan fingerprint density at radius 2 is 1.91 bits per heavy atom. The Balaban J connectivity index is 1.81. The lowest BCUT2D eigenvalue weighted by atomic mass is 9.82. The zero-order valence-electron chi connectivity index (χ0n) is 14.2. The fraction of sp³-hybridized carbons (Fsp3) is 0.647. The van der Waals surface area contributed by atoms with Crippen LogP contribution < -0.4 is 15.5 Å². The highest BCUT2D eigenvalue weighted by molar-refractivity contribution is 6.47. The van der Waals surface area contributed by atoms with Crippen LogP contribution in [0.1, 0.15) is 34.1 Å². The summed E-state index contributed by atoms with van der Waals surface area (Å²) in [5, 5.41) is 13.4. The SMILES string of the molecule is CC(C)(O)C(C)(C)OBc1ccc(OC[C@H]2CCNC2)cc1. The second-order valence-electron chi connectivity index (χ2n) is 7.17. The van der Waals surface area contributed by atoms with Crippen molar-refractivity contribution in [1.82, 2.24) is 5.32 Å². The standard InChI is InChI=1S/C17H28BNO3/c1-16(2,20)17(3,4)22-18-14-5-7-15(8-6-14)21-12-13-9-10-19-11-13/h5-8,13,18-20H,9-12H2,1-4H3/t13-/m0/s1. The van der Waals surface area contributed by atoms with Crippen LogP contribution in [0.25, 0.3) is 0 Å². The summed E-state index contributed by atoms with van der Waals surface area (Å²) < 4.78 is 11.7. The fourth-order valence-electron chi connectivity index (χ4n) is 2.19. The predicted octanol–water partition coefficient (Wildman–Crippen LogP) is 1.22. The minimum Gasteiger partial charge on any atom is -0.493 e. The summed E-state index contributed by atoms with van der Waals surface area (Å²) in [5.41, 5.74) is -0.407. The molecule has 1 aromatic rings. The van der Waals surface area contributed by atoms with Crippen LogP contribution in [0.2, 0.25) is 0 Å². The second-order valence-corrected chi connectivity index (χ2v) is 7.17. The van der Waals surface area contributed by atoms with Crippen LogP contribution in [-0.4, -0.2) is 43.5 Å². The average molecular weight is 305 g/mol. The quantitative estimate of drug-likeness (QED) is 0.744. The molecule has 0 amide bonds. The first kappa shape index (κ1) is 17.3. The van der Waals surface area contributed by atoms with Crippen LogP contribution in [0.15, 0.2) is 24.3 Å². The highest BCUT2D eigenvalue weighted by atomic mass is 16.5. The molecule has 1 aliphatic rings. The summed E-state index contributed by atoms with van der Waals surface area (Å²) in [6.07, 6.45) is 1.19. The van der Waals surface area contributed by atoms with Crippen molar-refractivity contribution in [2.24, 2.45) is 5.92 Å². The van der Waals surface area contributed by atoms with E-state index in [2.05, 4.69) is 5.32 Å². The van der Waals surface area contributed by atoms with Gasteiger partial charge in [-0.15, -0.1) is 0 Å². The predicted molar refractivity (Wildman–Crippen MR) is 91.2 cm³/mol. The normalized spacial score (nSPS) is 19.2. The molecule has 122 valence electrons. The molecular weight excluding hydrogens is 277 g/mol. The Hall–Kier alpha value is -1.04. The number of aliphatic hydroxyl groups is 1. The molecule has 0 spiro atoms. The molecule has 4 nitrogen and oxygen atoms in total. The maximum atomic E-state index is 10.1. The third-order valence-corrected chi connectivity index (χ3v) is 4.64. The number of rotatable bonds is 7. The third kappa shape index (κ3) is 4.73. The van der Waals surface area contributed by atoms with Crippen molar-refractivity contribution in [2.75, 3.05) is 19.7 Å². The highest BCUT2D eigenvalue weighted by Gasteiger charge is 2.35. The van der Waals surface area contributed by atoms with E-state index in [0.717, 1.165) is 30.9 Å². The van der Waals surface area contributed by atoms with Crippen molar-refractivity contribution in [1.29, 1.82) is 0 Å². The highest BCUT2D eigenvalue weighted by Crippen LogP contribution is 2.24. The number of hydrogen-bond donors (Lipinski definition) is 2. The molecule has 0 aliphatic carbocycles. The monoisotopic (exact) mass is 305 g/mol. The van der Waals surface area contributed by atoms with Gasteiger partial charge in [-0.2, -0.15) is 0 Å². The fourth-order valence-corrected chi connectivity index (χ4v) is 2.19. The van der Waals surface area contributed by atoms with Crippen molar-refractivity contribution in [3.05, 3.63) is 24.3 Å². The maximum Gasteiger partial charge on any atom is 0.309 e. The van der Waals surface area contributed by atoms with E-state index >= 15 is 0 Å². The Morgan fingerprint density at radius 3 is 2.45 bits per heavy atom. The van der Waals surface area contributed by atoms with Gasteiger partial charge in [0.15, 0.2) is 0 Å². The largest absolute Gasteiger partial charge is 0.493 e. The summed E-state index contributed by atoms with van der Waals surface area (Å²) in [7, 11) is 0.476. The smallest absolute Gasteiger partial charge is 0.309 e. The number of benzene rings is 1. The lowest BCUT2D eigenvalue weighted by Crippen LogP contribution is -2.49. The maximum absolute atomic E-state index is 10.1. The minimum atomic E-state index is -0.884. The number of nitrogens with one attached hydrogen (secondary N) is 1. The van der Waals surface area contributed by atoms with Gasteiger partial charge in [-0.05, 0) is 52.8 Å². The lowest BCUT2D eigenvalue weighted by molar-refractivity contribution is -0.0893. The van der Waals surface area contributed by atoms with Crippen molar-refractivity contribution in [2.45, 2.75) is 45.3 Å². The minimum absolute atomic E-state index is 0.476. The third-order valence-electron chi connectivity index (χ3n) is 4.64. The molecule has 0 bridgehead atoms. The van der Waals surface area contributed by atoms with E-state index in [1.54, 1.807) is 13.8 Å². The average Bonchev–Trinajstić information content (AvgIpc) is 2.96. The molecule has 1 heterocycles. The van der Waals surface area contributed by atoms with E-state index in [1.807, 2.05) is 38.1 Å². The van der Waals surface area contributed by atoms with Gasteiger partial charge in [0, 0.05) is 12.5 Å². The molecule has 0 saturated carbocycles. The van der Waals surface area contributed by atoms with Gasteiger partial charge in [0.25, 0.3) is 0 Å². The zero-order valence-corrected chi connectivity index (χ0v) is 14.2. The van der Waals surface area contributed by atoms with Gasteiger partial charge in [0.05, 0.1) is 17.8 Å². The molecule has 2 N–H and O–H groups in total. The molecule has 1 aliphatic heterocycles. The van der Waals surface area contributed by atoms with Crippen LogP contribution in [0, 0.1) is 5.92 Å². The van der Waals surface area contributed by atoms with Crippen LogP contribution in [-0.2, 0) is 4.65 Å². The first-order valence-corrected chi connectivity index (χ1v) is 8.07. The van der Waals surface area contributed by atoms with Crippen LogP contribution in [0.5, 0.6) is 5.75 Å². The van der Waals surface area contributed by atoms with Gasteiger partial charge in [-0.25, -0.2) is 0 Å². The molecule has 1 fully saturated rings. The van der Waals surface area contributed by atoms with E-state index < -0.39 is 11.2 Å². The van der Waals surface area contributed by atoms with Crippen LogP contribution in [0.4, 0.5) is 0 Å². The van der Waals surface area contributed by atoms with Gasteiger partial charge in [0.1, 0.15) is 5.75 Å². The summed E-state index contributed by atoms with van der Waals surface area (Å²) in [6, 6.07) is 8.00. The molecule has 2 rings (SSSR count). The van der Waals surface area contributed by atoms with Crippen molar-refractivity contribution in [3.8, 4) is 5.75 Å². The molecule has 0 aromatic heterocycles. The van der Waals surface area contributed by atoms with Crippen molar-refractivity contribution >= 4 is 12.9 Å². The lowest BCUT2D eigenvalue weighted by Gasteiger charge is -2.37. The van der Waals surface area contributed by atoms with E-state index in [0.29, 0.717) is 13.4 Å². The van der Waals surface area contributed by atoms with E-state index in [1.165, 1.54) is 6.42 Å². The van der Waals surface area contributed by atoms with Crippen molar-refractivity contribution < 1.29 is 14.5 Å². The van der Waals surface area contributed by atoms with Gasteiger partial charge in [0.2, 0.25) is 0 Å². The molecule has 5 heteroatoms. The van der Waals surface area contributed by atoms with Gasteiger partial charge in [-0.3, -0.25) is 0 Å². The Bertz CT molecular complexity index is 462. The molecule has 1 aromatic carbocycles. The molecule has 0 radical (unpaired) electrons. The van der Waals surface area contributed by atoms with E-state index in [9.17, 15) is 5.11 Å². The molecule has 1 saturated heterocycles. The molecular formula is C17H28BNO3. The van der Waals surface area contributed by atoms with Crippen molar-refractivity contribution in [3.63, 3.8) is 0 Å². The van der Waals surface area contributed by atoms with Gasteiger partial charge >= 0.3 is 7.48 Å². The Labute approximate surface area is 134 Å². The summed E-state index contributed by atoms with van der Waals surface area (Å²) in [6.45, 7) is 10.3. The number of hydrogen-bond acceptors (Lipinski definition) is 4. The van der Waals surface area contributed by atoms with Crippen LogP contribution in [0.3, 0.4) is 0 Å². The number of ether oxygens (including phenoxy) is 1. The summed E-state index contributed by atoms with van der Waals surface area (Å²) in [4.78, 5) is 0. The van der Waals surface area contributed by atoms with Gasteiger partial charge in [-0.1, -0.05) is 17.6 Å². The van der Waals surface area contributed by atoms with E-state index in [-0.39, 0.29) is 0 Å². The van der Waals surface area contributed by atoms with Gasteiger partial charge < -0.3 is 19.8 Å². The first-order chi connectivity index (χ1) is 10.3. The molecule has 1 atom stereocenters. The zero-order chi connectivity index (χ0) is 16.2. The first-order valence-electron chi connectivity index (χ1n) is 8.07. The molecule has 22 heavy (non-hydrogen) atoms. The summed E-state index contributed by atoms with van der Waals surface area (Å²) >= 11 is 0. The van der Waals surface area contributed by atoms with Crippen LogP contribution >= 0.6 is 0 Å².